The lowest BCUT2D eigenvalue weighted by Crippen LogP contribution is -2.36. The Labute approximate surface area is 123 Å². The van der Waals surface area contributed by atoms with Gasteiger partial charge in [0, 0.05) is 16.6 Å². The Hall–Kier alpha value is -0.970. The number of nitrogens with two attached hydrogens (primary N) is 1. The molecule has 4 nitrogen and oxygen atoms in total. The van der Waals surface area contributed by atoms with E-state index in [4.69, 9.17) is 33.7 Å². The van der Waals surface area contributed by atoms with Gasteiger partial charge in [0.25, 0.3) is 5.91 Å². The van der Waals surface area contributed by atoms with Crippen molar-refractivity contribution in [2.45, 2.75) is 25.9 Å². The molecule has 0 aliphatic heterocycles. The molecule has 6 heteroatoms. The molecule has 0 aliphatic carbocycles. The SMILES string of the molecule is CC(Oc1cc(Cl)cc(Cl)c1)C(=O)NCCCCN. The second kappa shape index (κ2) is 8.25. The first-order chi connectivity index (χ1) is 9.02. The number of carbonyl (C=O) groups is 1. The van der Waals surface area contributed by atoms with Gasteiger partial charge in [0.1, 0.15) is 5.75 Å². The molecular weight excluding hydrogens is 287 g/mol. The van der Waals surface area contributed by atoms with Crippen LogP contribution >= 0.6 is 23.2 Å². The Kier molecular flexibility index (Phi) is 6.99. The van der Waals surface area contributed by atoms with E-state index in [-0.39, 0.29) is 5.91 Å². The fourth-order valence-electron chi connectivity index (χ4n) is 1.48. The Morgan fingerprint density at radius 3 is 2.53 bits per heavy atom. The lowest BCUT2D eigenvalue weighted by Gasteiger charge is -2.15. The van der Waals surface area contributed by atoms with E-state index in [2.05, 4.69) is 5.32 Å². The Balaban J connectivity index is 2.44. The highest BCUT2D eigenvalue weighted by Crippen LogP contribution is 2.24. The second-order valence-electron chi connectivity index (χ2n) is 4.15. The zero-order valence-corrected chi connectivity index (χ0v) is 12.3. The lowest BCUT2D eigenvalue weighted by molar-refractivity contribution is -0.127. The maximum absolute atomic E-state index is 11.7. The van der Waals surface area contributed by atoms with Crippen LogP contribution < -0.4 is 15.8 Å². The maximum atomic E-state index is 11.7. The van der Waals surface area contributed by atoms with Gasteiger partial charge < -0.3 is 15.8 Å². The molecule has 0 saturated carbocycles. The quantitative estimate of drug-likeness (QED) is 0.761. The Morgan fingerprint density at radius 1 is 1.32 bits per heavy atom. The van der Waals surface area contributed by atoms with Crippen molar-refractivity contribution in [2.24, 2.45) is 5.73 Å². The minimum Gasteiger partial charge on any atom is -0.481 e. The van der Waals surface area contributed by atoms with Crippen molar-refractivity contribution in [2.75, 3.05) is 13.1 Å². The molecule has 0 aliphatic rings. The number of unbranched alkanes of at least 4 members (excludes halogenated alkanes) is 1. The van der Waals surface area contributed by atoms with E-state index in [1.807, 2.05) is 0 Å². The minimum atomic E-state index is -0.604. The number of hydrogen-bond donors (Lipinski definition) is 2. The van der Waals surface area contributed by atoms with E-state index in [0.717, 1.165) is 12.8 Å². The van der Waals surface area contributed by atoms with Crippen molar-refractivity contribution in [3.63, 3.8) is 0 Å². The minimum absolute atomic E-state index is 0.173. The topological polar surface area (TPSA) is 64.3 Å². The summed E-state index contributed by atoms with van der Waals surface area (Å²) in [5.41, 5.74) is 5.37. The highest BCUT2D eigenvalue weighted by molar-refractivity contribution is 6.34. The fourth-order valence-corrected chi connectivity index (χ4v) is 1.98. The van der Waals surface area contributed by atoms with E-state index in [1.165, 1.54) is 0 Å². The molecule has 0 bridgehead atoms. The van der Waals surface area contributed by atoms with Gasteiger partial charge in [-0.2, -0.15) is 0 Å². The van der Waals surface area contributed by atoms with Gasteiger partial charge in [0.15, 0.2) is 6.10 Å². The van der Waals surface area contributed by atoms with Crippen LogP contribution in [-0.2, 0) is 4.79 Å². The summed E-state index contributed by atoms with van der Waals surface area (Å²) in [6.07, 6.45) is 1.14. The van der Waals surface area contributed by atoms with Crippen LogP contribution in [-0.4, -0.2) is 25.1 Å². The zero-order valence-electron chi connectivity index (χ0n) is 10.8. The monoisotopic (exact) mass is 304 g/mol. The first kappa shape index (κ1) is 16.1. The zero-order chi connectivity index (χ0) is 14.3. The normalized spacial score (nSPS) is 12.0. The number of amides is 1. The van der Waals surface area contributed by atoms with Gasteiger partial charge in [-0.15, -0.1) is 0 Å². The van der Waals surface area contributed by atoms with Crippen LogP contribution in [0.2, 0.25) is 10.0 Å². The first-order valence-corrected chi connectivity index (χ1v) is 6.89. The highest BCUT2D eigenvalue weighted by Gasteiger charge is 2.14. The summed E-state index contributed by atoms with van der Waals surface area (Å²) in [5, 5.41) is 3.72. The number of nitrogens with one attached hydrogen (secondary N) is 1. The smallest absolute Gasteiger partial charge is 0.260 e. The van der Waals surface area contributed by atoms with Crippen molar-refractivity contribution < 1.29 is 9.53 Å². The third kappa shape index (κ3) is 6.14. The standard InChI is InChI=1S/C13H18Cl2N2O2/c1-9(13(18)17-5-3-2-4-16)19-12-7-10(14)6-11(15)8-12/h6-9H,2-5,16H2,1H3,(H,17,18). The average molecular weight is 305 g/mol. The summed E-state index contributed by atoms with van der Waals surface area (Å²) >= 11 is 11.7. The molecule has 0 radical (unpaired) electrons. The van der Waals surface area contributed by atoms with Crippen molar-refractivity contribution in [1.29, 1.82) is 0 Å². The van der Waals surface area contributed by atoms with E-state index < -0.39 is 6.10 Å². The molecule has 1 unspecified atom stereocenters. The summed E-state index contributed by atoms with van der Waals surface area (Å²) in [6, 6.07) is 4.84. The fraction of sp³-hybridized carbons (Fsp3) is 0.462. The number of carbonyl (C=O) groups excluding carboxylic acids is 1. The number of halogens is 2. The van der Waals surface area contributed by atoms with E-state index in [1.54, 1.807) is 25.1 Å². The molecule has 0 heterocycles. The average Bonchev–Trinajstić information content (AvgIpc) is 2.33. The number of benzene rings is 1. The first-order valence-electron chi connectivity index (χ1n) is 6.13. The van der Waals surface area contributed by atoms with Crippen LogP contribution in [0, 0.1) is 0 Å². The Bertz CT molecular complexity index is 407. The van der Waals surface area contributed by atoms with Gasteiger partial charge in [0.2, 0.25) is 0 Å². The highest BCUT2D eigenvalue weighted by atomic mass is 35.5. The van der Waals surface area contributed by atoms with Crippen LogP contribution in [0.15, 0.2) is 18.2 Å². The molecule has 1 amide bonds. The van der Waals surface area contributed by atoms with Crippen molar-refractivity contribution in [3.8, 4) is 5.75 Å². The maximum Gasteiger partial charge on any atom is 0.260 e. The summed E-state index contributed by atoms with van der Waals surface area (Å²) in [5.74, 6) is 0.301. The Morgan fingerprint density at radius 2 is 1.95 bits per heavy atom. The lowest BCUT2D eigenvalue weighted by atomic mass is 10.3. The summed E-state index contributed by atoms with van der Waals surface area (Å²) < 4.78 is 5.49. The van der Waals surface area contributed by atoms with E-state index in [9.17, 15) is 4.79 Å². The van der Waals surface area contributed by atoms with Gasteiger partial charge >= 0.3 is 0 Å². The van der Waals surface area contributed by atoms with Gasteiger partial charge in [-0.25, -0.2) is 0 Å². The van der Waals surface area contributed by atoms with E-state index in [0.29, 0.717) is 28.9 Å². The van der Waals surface area contributed by atoms with Crippen LogP contribution in [0.1, 0.15) is 19.8 Å². The van der Waals surface area contributed by atoms with Crippen LogP contribution in [0.5, 0.6) is 5.75 Å². The van der Waals surface area contributed by atoms with Crippen molar-refractivity contribution in [3.05, 3.63) is 28.2 Å². The summed E-state index contributed by atoms with van der Waals surface area (Å²) in [7, 11) is 0. The van der Waals surface area contributed by atoms with Gasteiger partial charge in [0.05, 0.1) is 0 Å². The molecular formula is C13H18Cl2N2O2. The van der Waals surface area contributed by atoms with Crippen LogP contribution in [0.25, 0.3) is 0 Å². The third-order valence-corrected chi connectivity index (χ3v) is 2.88. The molecule has 0 aromatic heterocycles. The molecule has 106 valence electrons. The molecule has 3 N–H and O–H groups in total. The second-order valence-corrected chi connectivity index (χ2v) is 5.02. The number of ether oxygens (including phenoxy) is 1. The summed E-state index contributed by atoms with van der Waals surface area (Å²) in [6.45, 7) is 2.90. The molecule has 19 heavy (non-hydrogen) atoms. The van der Waals surface area contributed by atoms with Crippen molar-refractivity contribution in [1.82, 2.24) is 5.32 Å². The van der Waals surface area contributed by atoms with E-state index >= 15 is 0 Å². The van der Waals surface area contributed by atoms with Gasteiger partial charge in [-0.05, 0) is 44.5 Å². The van der Waals surface area contributed by atoms with Crippen molar-refractivity contribution >= 4 is 29.1 Å². The molecule has 1 aromatic rings. The third-order valence-electron chi connectivity index (χ3n) is 2.45. The number of rotatable bonds is 7. The van der Waals surface area contributed by atoms with Crippen LogP contribution in [0.3, 0.4) is 0 Å². The molecule has 0 fully saturated rings. The largest absolute Gasteiger partial charge is 0.481 e. The summed E-state index contributed by atoms with van der Waals surface area (Å²) in [4.78, 5) is 11.7. The van der Waals surface area contributed by atoms with Gasteiger partial charge in [-0.1, -0.05) is 23.2 Å². The molecule has 1 rings (SSSR count). The molecule has 0 spiro atoms. The van der Waals surface area contributed by atoms with Gasteiger partial charge in [-0.3, -0.25) is 4.79 Å². The predicted octanol–water partition coefficient (Wildman–Crippen LogP) is 2.62. The predicted molar refractivity (Wildman–Crippen MR) is 77.9 cm³/mol. The van der Waals surface area contributed by atoms with Crippen LogP contribution in [0.4, 0.5) is 0 Å². The molecule has 1 atom stereocenters. The molecule has 0 saturated heterocycles. The number of hydrogen-bond acceptors (Lipinski definition) is 3. The molecule has 1 aromatic carbocycles.